The monoisotopic (exact) mass is 471 g/mol. The minimum atomic E-state index is -3.46. The Kier molecular flexibility index (Phi) is 6.92. The highest BCUT2D eigenvalue weighted by Crippen LogP contribution is 2.23. The second-order valence-electron chi connectivity index (χ2n) is 7.49. The Bertz CT molecular complexity index is 1170. The fourth-order valence-corrected chi connectivity index (χ4v) is 5.57. The van der Waals surface area contributed by atoms with Crippen molar-refractivity contribution < 1.29 is 13.2 Å². The van der Waals surface area contributed by atoms with Gasteiger partial charge in [0.05, 0.1) is 10.6 Å². The smallest absolute Gasteiger partial charge is 0.243 e. The average molecular weight is 472 g/mol. The van der Waals surface area contributed by atoms with Crippen molar-refractivity contribution in [3.05, 3.63) is 54.1 Å². The van der Waals surface area contributed by atoms with Crippen LogP contribution in [-0.4, -0.2) is 52.7 Å². The van der Waals surface area contributed by atoms with Crippen LogP contribution in [0.15, 0.2) is 58.6 Å². The number of nitrogens with one attached hydrogen (secondary N) is 2. The van der Waals surface area contributed by atoms with E-state index < -0.39 is 10.0 Å². The molecule has 4 rings (SSSR count). The molecule has 0 aliphatic carbocycles. The number of thioether (sulfide) groups is 1. The minimum absolute atomic E-state index is 0.139. The Morgan fingerprint density at radius 3 is 2.44 bits per heavy atom. The van der Waals surface area contributed by atoms with Gasteiger partial charge in [0.2, 0.25) is 21.1 Å². The van der Waals surface area contributed by atoms with Gasteiger partial charge in [-0.05, 0) is 49.1 Å². The van der Waals surface area contributed by atoms with Crippen molar-refractivity contribution in [3.8, 4) is 11.4 Å². The number of benzene rings is 2. The zero-order chi connectivity index (χ0) is 22.6. The predicted molar refractivity (Wildman–Crippen MR) is 125 cm³/mol. The van der Waals surface area contributed by atoms with Crippen LogP contribution in [0.3, 0.4) is 0 Å². The van der Waals surface area contributed by atoms with Gasteiger partial charge in [0.15, 0.2) is 5.82 Å². The minimum Gasteiger partial charge on any atom is -0.325 e. The molecule has 1 aliphatic rings. The van der Waals surface area contributed by atoms with E-state index in [4.69, 9.17) is 0 Å². The lowest BCUT2D eigenvalue weighted by Crippen LogP contribution is -2.27. The molecule has 1 amide bonds. The molecule has 2 heterocycles. The van der Waals surface area contributed by atoms with Crippen molar-refractivity contribution in [1.82, 2.24) is 19.5 Å². The van der Waals surface area contributed by atoms with Crippen LogP contribution in [0, 0.1) is 0 Å². The van der Waals surface area contributed by atoms with Crippen LogP contribution in [0.5, 0.6) is 0 Å². The molecule has 0 unspecified atom stereocenters. The van der Waals surface area contributed by atoms with E-state index in [0.717, 1.165) is 24.8 Å². The van der Waals surface area contributed by atoms with Gasteiger partial charge in [-0.1, -0.05) is 43.0 Å². The zero-order valence-corrected chi connectivity index (χ0v) is 19.4. The first kappa shape index (κ1) is 22.5. The van der Waals surface area contributed by atoms with E-state index in [2.05, 4.69) is 39.6 Å². The van der Waals surface area contributed by atoms with Gasteiger partial charge in [-0.15, -0.1) is 5.10 Å². The van der Waals surface area contributed by atoms with E-state index >= 15 is 0 Å². The second kappa shape index (κ2) is 9.85. The van der Waals surface area contributed by atoms with Gasteiger partial charge < -0.3 is 5.32 Å². The molecule has 2 aromatic carbocycles. The summed E-state index contributed by atoms with van der Waals surface area (Å²) in [6.45, 7) is 3.23. The molecule has 0 spiro atoms. The highest BCUT2D eigenvalue weighted by Gasteiger charge is 2.26. The van der Waals surface area contributed by atoms with Gasteiger partial charge in [-0.25, -0.2) is 13.4 Å². The Labute approximate surface area is 191 Å². The van der Waals surface area contributed by atoms with Crippen LogP contribution < -0.4 is 5.32 Å². The van der Waals surface area contributed by atoms with Crippen molar-refractivity contribution in [3.63, 3.8) is 0 Å². The maximum atomic E-state index is 12.6. The quantitative estimate of drug-likeness (QED) is 0.487. The molecule has 8 nitrogen and oxygen atoms in total. The standard InChI is InChI=1S/C22H25N5O3S2/c1-2-16-5-7-17(8-6-16)21-24-22(26-25-21)31-15-20(28)23-18-9-11-19(12-10-18)32(29,30)27-13-3-4-14-27/h5-12H,2-4,13-15H2,1H3,(H,23,28)(H,24,25,26). The van der Waals surface area contributed by atoms with E-state index in [1.54, 1.807) is 12.1 Å². The van der Waals surface area contributed by atoms with Gasteiger partial charge in [-0.3, -0.25) is 9.89 Å². The van der Waals surface area contributed by atoms with E-state index in [9.17, 15) is 13.2 Å². The summed E-state index contributed by atoms with van der Waals surface area (Å²) in [5.74, 6) is 0.578. The lowest BCUT2D eigenvalue weighted by Gasteiger charge is -2.15. The summed E-state index contributed by atoms with van der Waals surface area (Å²) in [6.07, 6.45) is 2.76. The van der Waals surface area contributed by atoms with Gasteiger partial charge in [0, 0.05) is 24.3 Å². The highest BCUT2D eigenvalue weighted by molar-refractivity contribution is 7.99. The third kappa shape index (κ3) is 5.20. The van der Waals surface area contributed by atoms with Crippen molar-refractivity contribution in [2.45, 2.75) is 36.2 Å². The number of aromatic amines is 1. The first-order chi connectivity index (χ1) is 15.5. The predicted octanol–water partition coefficient (Wildman–Crippen LogP) is 3.55. The third-order valence-corrected chi connectivity index (χ3v) is 8.03. The molecule has 168 valence electrons. The molecule has 2 N–H and O–H groups in total. The average Bonchev–Trinajstić information content (AvgIpc) is 3.51. The Balaban J connectivity index is 1.31. The van der Waals surface area contributed by atoms with Crippen LogP contribution in [0.2, 0.25) is 0 Å². The van der Waals surface area contributed by atoms with Crippen molar-refractivity contribution in [2.75, 3.05) is 24.2 Å². The van der Waals surface area contributed by atoms with Crippen LogP contribution >= 0.6 is 11.8 Å². The second-order valence-corrected chi connectivity index (χ2v) is 10.4. The number of rotatable bonds is 8. The summed E-state index contributed by atoms with van der Waals surface area (Å²) in [5.41, 5.74) is 2.74. The highest BCUT2D eigenvalue weighted by atomic mass is 32.2. The number of aromatic nitrogens is 3. The number of carbonyl (C=O) groups is 1. The van der Waals surface area contributed by atoms with E-state index in [1.165, 1.54) is 33.8 Å². The number of anilines is 1. The van der Waals surface area contributed by atoms with E-state index in [0.29, 0.717) is 29.8 Å². The molecule has 0 radical (unpaired) electrons. The fraction of sp³-hybridized carbons (Fsp3) is 0.318. The molecule has 1 aromatic heterocycles. The molecule has 1 aliphatic heterocycles. The zero-order valence-electron chi connectivity index (χ0n) is 17.7. The van der Waals surface area contributed by atoms with Gasteiger partial charge >= 0.3 is 0 Å². The molecule has 0 bridgehead atoms. The Morgan fingerprint density at radius 1 is 1.09 bits per heavy atom. The van der Waals surface area contributed by atoms with Gasteiger partial charge in [0.25, 0.3) is 0 Å². The third-order valence-electron chi connectivity index (χ3n) is 5.27. The molecule has 0 saturated carbocycles. The number of amides is 1. The number of H-pyrrole nitrogens is 1. The fourth-order valence-electron chi connectivity index (χ4n) is 3.45. The summed E-state index contributed by atoms with van der Waals surface area (Å²) >= 11 is 1.23. The number of nitrogens with zero attached hydrogens (tertiary/aromatic N) is 3. The molecule has 3 aromatic rings. The molecule has 32 heavy (non-hydrogen) atoms. The van der Waals surface area contributed by atoms with E-state index in [-0.39, 0.29) is 16.6 Å². The summed E-state index contributed by atoms with van der Waals surface area (Å²) in [7, 11) is -3.46. The molecule has 10 heteroatoms. The molecular weight excluding hydrogens is 446 g/mol. The summed E-state index contributed by atoms with van der Waals surface area (Å²) < 4.78 is 26.7. The van der Waals surface area contributed by atoms with Crippen molar-refractivity contribution >= 4 is 33.4 Å². The normalized spacial score (nSPS) is 14.5. The van der Waals surface area contributed by atoms with Gasteiger partial charge in [-0.2, -0.15) is 4.31 Å². The molecule has 1 fully saturated rings. The Hall–Kier alpha value is -2.69. The molecule has 0 atom stereocenters. The number of sulfonamides is 1. The van der Waals surface area contributed by atoms with Crippen LogP contribution in [-0.2, 0) is 21.2 Å². The van der Waals surface area contributed by atoms with Crippen molar-refractivity contribution in [2.24, 2.45) is 0 Å². The number of hydrogen-bond donors (Lipinski definition) is 2. The first-order valence-corrected chi connectivity index (χ1v) is 12.9. The van der Waals surface area contributed by atoms with Crippen LogP contribution in [0.1, 0.15) is 25.3 Å². The molecule has 1 saturated heterocycles. The van der Waals surface area contributed by atoms with E-state index in [1.807, 2.05) is 12.1 Å². The summed E-state index contributed by atoms with van der Waals surface area (Å²) in [6, 6.07) is 14.4. The van der Waals surface area contributed by atoms with Crippen LogP contribution in [0.25, 0.3) is 11.4 Å². The maximum absolute atomic E-state index is 12.6. The number of aryl methyl sites for hydroxylation is 1. The summed E-state index contributed by atoms with van der Waals surface area (Å²) in [4.78, 5) is 17.0. The lowest BCUT2D eigenvalue weighted by atomic mass is 10.1. The maximum Gasteiger partial charge on any atom is 0.243 e. The first-order valence-electron chi connectivity index (χ1n) is 10.5. The number of carbonyl (C=O) groups excluding carboxylic acids is 1. The largest absolute Gasteiger partial charge is 0.325 e. The van der Waals surface area contributed by atoms with Crippen LogP contribution in [0.4, 0.5) is 5.69 Å². The van der Waals surface area contributed by atoms with Gasteiger partial charge in [0.1, 0.15) is 0 Å². The topological polar surface area (TPSA) is 108 Å². The molecular formula is C22H25N5O3S2. The Morgan fingerprint density at radius 2 is 1.78 bits per heavy atom. The van der Waals surface area contributed by atoms with Crippen molar-refractivity contribution in [1.29, 1.82) is 0 Å². The lowest BCUT2D eigenvalue weighted by molar-refractivity contribution is -0.113. The SMILES string of the molecule is CCc1ccc(-c2nc(SCC(=O)Nc3ccc(S(=O)(=O)N4CCCC4)cc3)n[nH]2)cc1. The number of hydrogen-bond acceptors (Lipinski definition) is 6. The summed E-state index contributed by atoms with van der Waals surface area (Å²) in [5, 5.41) is 10.3.